The van der Waals surface area contributed by atoms with Crippen molar-refractivity contribution in [2.24, 2.45) is 0 Å². The average molecular weight is 408 g/mol. The lowest BCUT2D eigenvalue weighted by atomic mass is 10.1. The van der Waals surface area contributed by atoms with Crippen molar-refractivity contribution >= 4 is 17.3 Å². The molecule has 150 valence electrons. The van der Waals surface area contributed by atoms with Crippen molar-refractivity contribution in [1.29, 1.82) is 0 Å². The molecule has 7 nitrogen and oxygen atoms in total. The molecule has 5 heterocycles. The van der Waals surface area contributed by atoms with Gasteiger partial charge in [-0.3, -0.25) is 9.36 Å². The summed E-state index contributed by atoms with van der Waals surface area (Å²) in [6.45, 7) is 4.34. The van der Waals surface area contributed by atoms with Crippen LogP contribution < -0.4 is 0 Å². The van der Waals surface area contributed by atoms with Crippen LogP contribution in [0.2, 0.25) is 0 Å². The third-order valence-electron chi connectivity index (χ3n) is 5.77. The Bertz CT molecular complexity index is 1120. The number of thioether (sulfide) groups is 1. The Morgan fingerprint density at radius 1 is 1.07 bits per heavy atom. The molecule has 4 aromatic rings. The lowest BCUT2D eigenvalue weighted by molar-refractivity contribution is 0.427. The van der Waals surface area contributed by atoms with Crippen molar-refractivity contribution in [3.8, 4) is 22.5 Å². The van der Waals surface area contributed by atoms with Gasteiger partial charge in [0.25, 0.3) is 0 Å². The molecule has 1 unspecified atom stereocenters. The Balaban J connectivity index is 1.54. The molecule has 0 saturated carbocycles. The van der Waals surface area contributed by atoms with Gasteiger partial charge in [-0.2, -0.15) is 27.1 Å². The van der Waals surface area contributed by atoms with Crippen molar-refractivity contribution in [1.82, 2.24) is 34.2 Å². The number of fused-ring (bicyclic) bond motifs is 1. The van der Waals surface area contributed by atoms with Crippen molar-refractivity contribution in [3.05, 3.63) is 43.2 Å². The van der Waals surface area contributed by atoms with E-state index in [9.17, 15) is 0 Å². The highest BCUT2D eigenvalue weighted by molar-refractivity contribution is 7.99. The van der Waals surface area contributed by atoms with E-state index < -0.39 is 0 Å². The van der Waals surface area contributed by atoms with Gasteiger partial charge in [0.05, 0.1) is 47.7 Å². The maximum absolute atomic E-state index is 5.00. The summed E-state index contributed by atoms with van der Waals surface area (Å²) in [5, 5.41) is 13.7. The van der Waals surface area contributed by atoms with Gasteiger partial charge in [0.1, 0.15) is 0 Å². The smallest absolute Gasteiger partial charge is 0.0999 e. The van der Waals surface area contributed by atoms with Crippen LogP contribution in [0.5, 0.6) is 0 Å². The maximum Gasteiger partial charge on any atom is 0.0999 e. The minimum atomic E-state index is 0.361. The molecule has 0 radical (unpaired) electrons. The second-order valence-corrected chi connectivity index (χ2v) is 8.88. The predicted octanol–water partition coefficient (Wildman–Crippen LogP) is 4.50. The van der Waals surface area contributed by atoms with Gasteiger partial charge in [-0.05, 0) is 43.8 Å². The summed E-state index contributed by atoms with van der Waals surface area (Å²) >= 11 is 2.03. The van der Waals surface area contributed by atoms with Crippen LogP contribution in [0.3, 0.4) is 0 Å². The van der Waals surface area contributed by atoms with Crippen LogP contribution in [0.4, 0.5) is 0 Å². The normalized spacial score (nSPS) is 16.5. The fourth-order valence-corrected chi connectivity index (χ4v) is 4.87. The standard InChI is InChI=1S/C21H25N7S/c1-3-15(2)26-13-17(11-23-26)21-20-4-7-22-28(20)14-19(25-21)16-10-24-27(12-16)18-5-8-29-9-6-18/h4,7,10-15,18H,3,5-6,8-9H2,1-2H3. The lowest BCUT2D eigenvalue weighted by Crippen LogP contribution is -2.15. The summed E-state index contributed by atoms with van der Waals surface area (Å²) < 4.78 is 6.02. The molecule has 1 atom stereocenters. The summed E-state index contributed by atoms with van der Waals surface area (Å²) in [5.41, 5.74) is 4.79. The topological polar surface area (TPSA) is 65.8 Å². The van der Waals surface area contributed by atoms with Crippen LogP contribution >= 0.6 is 11.8 Å². The lowest BCUT2D eigenvalue weighted by Gasteiger charge is -2.21. The highest BCUT2D eigenvalue weighted by atomic mass is 32.2. The molecule has 0 aliphatic carbocycles. The minimum absolute atomic E-state index is 0.361. The van der Waals surface area contributed by atoms with Crippen LogP contribution in [0.25, 0.3) is 28.0 Å². The van der Waals surface area contributed by atoms with Crippen LogP contribution in [-0.4, -0.2) is 45.7 Å². The summed E-state index contributed by atoms with van der Waals surface area (Å²) in [5.74, 6) is 2.42. The molecule has 0 aromatic carbocycles. The molecule has 0 amide bonds. The van der Waals surface area contributed by atoms with Gasteiger partial charge in [0, 0.05) is 29.6 Å². The summed E-state index contributed by atoms with van der Waals surface area (Å²) in [6, 6.07) is 2.85. The highest BCUT2D eigenvalue weighted by Crippen LogP contribution is 2.30. The monoisotopic (exact) mass is 407 g/mol. The molecule has 0 spiro atoms. The van der Waals surface area contributed by atoms with Crippen LogP contribution in [-0.2, 0) is 0 Å². The molecular weight excluding hydrogens is 382 g/mol. The molecule has 4 aromatic heterocycles. The number of hydrogen-bond acceptors (Lipinski definition) is 5. The third-order valence-corrected chi connectivity index (χ3v) is 6.82. The second-order valence-electron chi connectivity index (χ2n) is 7.65. The number of aromatic nitrogens is 7. The zero-order chi connectivity index (χ0) is 19.8. The third kappa shape index (κ3) is 3.46. The Labute approximate surface area is 174 Å². The van der Waals surface area contributed by atoms with Crippen molar-refractivity contribution in [2.45, 2.75) is 45.2 Å². The van der Waals surface area contributed by atoms with Crippen molar-refractivity contribution in [2.75, 3.05) is 11.5 Å². The quantitative estimate of drug-likeness (QED) is 0.487. The average Bonchev–Trinajstić information content (AvgIpc) is 3.53. The second kappa shape index (κ2) is 7.67. The van der Waals surface area contributed by atoms with E-state index in [-0.39, 0.29) is 0 Å². The molecule has 29 heavy (non-hydrogen) atoms. The molecule has 0 N–H and O–H groups in total. The van der Waals surface area contributed by atoms with E-state index in [1.54, 1.807) is 0 Å². The van der Waals surface area contributed by atoms with Crippen LogP contribution in [0.15, 0.2) is 43.2 Å². The summed E-state index contributed by atoms with van der Waals surface area (Å²) in [6.07, 6.45) is 15.2. The Morgan fingerprint density at radius 3 is 2.72 bits per heavy atom. The van der Waals surface area contributed by atoms with Gasteiger partial charge in [-0.1, -0.05) is 6.92 Å². The van der Waals surface area contributed by atoms with Crippen LogP contribution in [0, 0.1) is 0 Å². The SMILES string of the molecule is CCC(C)n1cc(-c2nc(-c3cnn(C4CCSCC4)c3)cn3nccc23)cn1. The first-order valence-electron chi connectivity index (χ1n) is 10.2. The zero-order valence-electron chi connectivity index (χ0n) is 16.8. The van der Waals surface area contributed by atoms with E-state index in [4.69, 9.17) is 4.98 Å². The molecule has 8 heteroatoms. The predicted molar refractivity (Wildman–Crippen MR) is 116 cm³/mol. The van der Waals surface area contributed by atoms with E-state index >= 15 is 0 Å². The summed E-state index contributed by atoms with van der Waals surface area (Å²) in [4.78, 5) is 5.00. The van der Waals surface area contributed by atoms with E-state index in [1.165, 1.54) is 24.3 Å². The Morgan fingerprint density at radius 2 is 1.90 bits per heavy atom. The van der Waals surface area contributed by atoms with E-state index in [0.717, 1.165) is 34.5 Å². The Kier molecular flexibility index (Phi) is 4.87. The fraction of sp³-hybridized carbons (Fsp3) is 0.429. The molecule has 1 aliphatic heterocycles. The van der Waals surface area contributed by atoms with Gasteiger partial charge in [-0.25, -0.2) is 9.50 Å². The molecule has 1 saturated heterocycles. The van der Waals surface area contributed by atoms with E-state index in [1.807, 2.05) is 51.8 Å². The Hall–Kier alpha value is -2.61. The molecule has 0 bridgehead atoms. The van der Waals surface area contributed by atoms with Gasteiger partial charge in [0.15, 0.2) is 0 Å². The first-order chi connectivity index (χ1) is 14.2. The van der Waals surface area contributed by atoms with Crippen molar-refractivity contribution in [3.63, 3.8) is 0 Å². The van der Waals surface area contributed by atoms with E-state index in [0.29, 0.717) is 12.1 Å². The zero-order valence-corrected chi connectivity index (χ0v) is 17.6. The van der Waals surface area contributed by atoms with Crippen LogP contribution in [0.1, 0.15) is 45.2 Å². The minimum Gasteiger partial charge on any atom is -0.269 e. The largest absolute Gasteiger partial charge is 0.269 e. The van der Waals surface area contributed by atoms with Gasteiger partial charge in [-0.15, -0.1) is 0 Å². The highest BCUT2D eigenvalue weighted by Gasteiger charge is 2.18. The first-order valence-corrected chi connectivity index (χ1v) is 11.4. The summed E-state index contributed by atoms with van der Waals surface area (Å²) in [7, 11) is 0. The van der Waals surface area contributed by atoms with E-state index in [2.05, 4.69) is 46.2 Å². The van der Waals surface area contributed by atoms with Crippen molar-refractivity contribution < 1.29 is 0 Å². The van der Waals surface area contributed by atoms with Gasteiger partial charge < -0.3 is 0 Å². The fourth-order valence-electron chi connectivity index (χ4n) is 3.79. The molecule has 1 aliphatic rings. The number of nitrogens with zero attached hydrogens (tertiary/aromatic N) is 7. The van der Waals surface area contributed by atoms with Gasteiger partial charge >= 0.3 is 0 Å². The first kappa shape index (κ1) is 18.4. The molecular formula is C21H25N7S. The molecule has 5 rings (SSSR count). The van der Waals surface area contributed by atoms with Gasteiger partial charge in [0.2, 0.25) is 0 Å². The molecule has 1 fully saturated rings. The number of hydrogen-bond donors (Lipinski definition) is 0. The maximum atomic E-state index is 5.00. The number of rotatable bonds is 5.